The van der Waals surface area contributed by atoms with Crippen molar-refractivity contribution in [3.05, 3.63) is 119 Å². The molecule has 0 fully saturated rings. The molecule has 0 unspecified atom stereocenters. The van der Waals surface area contributed by atoms with Crippen molar-refractivity contribution in [2.45, 2.75) is 168 Å². The van der Waals surface area contributed by atoms with Crippen LogP contribution >= 0.6 is 0 Å². The molecule has 0 saturated heterocycles. The number of ether oxygens (including phenoxy) is 2. The van der Waals surface area contributed by atoms with Gasteiger partial charge in [0.25, 0.3) is 0 Å². The summed E-state index contributed by atoms with van der Waals surface area (Å²) in [5, 5.41) is 0. The third-order valence-corrected chi connectivity index (χ3v) is 10.3. The topological polar surface area (TPSA) is 44.2 Å². The van der Waals surface area contributed by atoms with Gasteiger partial charge in [-0.2, -0.15) is 0 Å². The maximum Gasteiger partial charge on any atom is 0.119 e. The van der Waals surface area contributed by atoms with E-state index in [0.717, 1.165) is 63.1 Å². The molecule has 0 aliphatic carbocycles. The van der Waals surface area contributed by atoms with Gasteiger partial charge in [-0.15, -0.1) is 0 Å². The summed E-state index contributed by atoms with van der Waals surface area (Å²) in [6, 6.07) is 25.8. The molecule has 0 spiro atoms. The first-order valence-corrected chi connectivity index (χ1v) is 21.9. The molecule has 4 rings (SSSR count). The lowest BCUT2D eigenvalue weighted by molar-refractivity contribution is 0.304. The minimum absolute atomic E-state index is 0.835. The Balaban J connectivity index is 0.000000303. The summed E-state index contributed by atoms with van der Waals surface area (Å²) in [4.78, 5) is 9.30. The van der Waals surface area contributed by atoms with E-state index < -0.39 is 0 Å². The Hall–Kier alpha value is -3.66. The van der Waals surface area contributed by atoms with Gasteiger partial charge < -0.3 is 9.47 Å². The van der Waals surface area contributed by atoms with Crippen LogP contribution in [0.1, 0.15) is 164 Å². The minimum Gasteiger partial charge on any atom is -0.497 e. The second kappa shape index (κ2) is 29.7. The summed E-state index contributed by atoms with van der Waals surface area (Å²) in [5.41, 5.74) is 7.79. The molecule has 0 atom stereocenters. The first-order chi connectivity index (χ1) is 26.6. The Labute approximate surface area is 330 Å². The van der Waals surface area contributed by atoms with E-state index in [2.05, 4.69) is 104 Å². The Morgan fingerprint density at radius 3 is 1.17 bits per heavy atom. The van der Waals surface area contributed by atoms with Gasteiger partial charge in [-0.3, -0.25) is 9.97 Å². The Morgan fingerprint density at radius 1 is 0.370 bits per heavy atom. The summed E-state index contributed by atoms with van der Waals surface area (Å²) in [6.45, 7) is 7.63. The van der Waals surface area contributed by atoms with Gasteiger partial charge in [0.1, 0.15) is 11.5 Å². The Bertz CT molecular complexity index is 1430. The van der Waals surface area contributed by atoms with Gasteiger partial charge in [0, 0.05) is 23.8 Å². The SMILES string of the molecule is CCCCCCCCCOc1ccc(CCc2ccc(CCCCCCC)cn2)cc1.CCCCCCCc1ccc(CCc2ccc(OC)cc2)nc1. The quantitative estimate of drug-likeness (QED) is 0.0545. The monoisotopic (exact) mass is 735 g/mol. The number of rotatable bonds is 28. The highest BCUT2D eigenvalue weighted by Gasteiger charge is 2.02. The van der Waals surface area contributed by atoms with Crippen molar-refractivity contribution in [3.63, 3.8) is 0 Å². The summed E-state index contributed by atoms with van der Waals surface area (Å²) in [7, 11) is 1.70. The number of aromatic nitrogens is 2. The summed E-state index contributed by atoms with van der Waals surface area (Å²) < 4.78 is 11.1. The largest absolute Gasteiger partial charge is 0.497 e. The fourth-order valence-corrected chi connectivity index (χ4v) is 6.71. The third kappa shape index (κ3) is 20.7. The summed E-state index contributed by atoms with van der Waals surface area (Å²) in [6.07, 6.45) is 33.1. The molecular weight excluding hydrogens is 661 g/mol. The first-order valence-electron chi connectivity index (χ1n) is 21.9. The lowest BCUT2D eigenvalue weighted by Gasteiger charge is -2.08. The Kier molecular flexibility index (Phi) is 24.6. The van der Waals surface area contributed by atoms with E-state index in [1.54, 1.807) is 7.11 Å². The highest BCUT2D eigenvalue weighted by Crippen LogP contribution is 2.17. The van der Waals surface area contributed by atoms with Gasteiger partial charge in [0.05, 0.1) is 13.7 Å². The first kappa shape index (κ1) is 44.7. The van der Waals surface area contributed by atoms with Crippen molar-refractivity contribution in [3.8, 4) is 11.5 Å². The molecule has 4 aromatic rings. The van der Waals surface area contributed by atoms with E-state index in [9.17, 15) is 0 Å². The zero-order valence-corrected chi connectivity index (χ0v) is 34.8. The van der Waals surface area contributed by atoms with Gasteiger partial charge in [0.2, 0.25) is 0 Å². The van der Waals surface area contributed by atoms with E-state index in [4.69, 9.17) is 9.47 Å². The maximum atomic E-state index is 5.91. The smallest absolute Gasteiger partial charge is 0.119 e. The molecule has 0 aliphatic heterocycles. The molecule has 4 heteroatoms. The van der Waals surface area contributed by atoms with Crippen molar-refractivity contribution in [1.82, 2.24) is 9.97 Å². The number of aryl methyl sites for hydroxylation is 6. The van der Waals surface area contributed by atoms with E-state index in [-0.39, 0.29) is 0 Å². The van der Waals surface area contributed by atoms with E-state index in [1.165, 1.54) is 136 Å². The van der Waals surface area contributed by atoms with Crippen LogP contribution in [-0.4, -0.2) is 23.7 Å². The maximum absolute atomic E-state index is 5.91. The van der Waals surface area contributed by atoms with Gasteiger partial charge >= 0.3 is 0 Å². The third-order valence-electron chi connectivity index (χ3n) is 10.3. The van der Waals surface area contributed by atoms with Crippen molar-refractivity contribution in [2.24, 2.45) is 0 Å². The number of unbranched alkanes of at least 4 members (excludes halogenated alkanes) is 14. The molecule has 0 saturated carbocycles. The predicted octanol–water partition coefficient (Wildman–Crippen LogP) is 13.9. The summed E-state index contributed by atoms with van der Waals surface area (Å²) in [5.74, 6) is 1.91. The van der Waals surface area contributed by atoms with Crippen LogP contribution in [0, 0.1) is 0 Å². The number of pyridine rings is 2. The molecule has 2 aromatic carbocycles. The minimum atomic E-state index is 0.835. The van der Waals surface area contributed by atoms with E-state index >= 15 is 0 Å². The van der Waals surface area contributed by atoms with Crippen molar-refractivity contribution in [2.75, 3.05) is 13.7 Å². The number of hydrogen-bond donors (Lipinski definition) is 0. The molecule has 2 aromatic heterocycles. The molecule has 296 valence electrons. The standard InChI is InChI=1S/C29H45NO.C21H29NO/c1-3-5-7-9-10-12-14-24-31-29-22-18-26(19-23-29)16-20-28-21-17-27(25-30-28)15-13-11-8-6-4-2;1-3-4-5-6-7-8-19-10-14-20(22-17-19)13-9-18-11-15-21(23-2)16-12-18/h17-19,21-23,25H,3-16,20,24H2,1-2H3;10-12,14-17H,3-9,13H2,1-2H3. The van der Waals surface area contributed by atoms with Crippen molar-refractivity contribution in [1.29, 1.82) is 0 Å². The van der Waals surface area contributed by atoms with E-state index in [0.29, 0.717) is 0 Å². The van der Waals surface area contributed by atoms with Crippen LogP contribution in [0.2, 0.25) is 0 Å². The highest BCUT2D eigenvalue weighted by atomic mass is 16.5. The normalized spacial score (nSPS) is 10.9. The average molecular weight is 735 g/mol. The molecule has 0 amide bonds. The van der Waals surface area contributed by atoms with Crippen LogP contribution in [0.3, 0.4) is 0 Å². The summed E-state index contributed by atoms with van der Waals surface area (Å²) >= 11 is 0. The van der Waals surface area contributed by atoms with Crippen molar-refractivity contribution < 1.29 is 9.47 Å². The van der Waals surface area contributed by atoms with Crippen molar-refractivity contribution >= 4 is 0 Å². The number of nitrogens with zero attached hydrogens (tertiary/aromatic N) is 2. The van der Waals surface area contributed by atoms with Gasteiger partial charge in [-0.1, -0.05) is 147 Å². The predicted molar refractivity (Wildman–Crippen MR) is 231 cm³/mol. The lowest BCUT2D eigenvalue weighted by atomic mass is 10.0. The van der Waals surface area contributed by atoms with Crippen LogP contribution in [0.15, 0.2) is 85.2 Å². The molecule has 0 radical (unpaired) electrons. The highest BCUT2D eigenvalue weighted by molar-refractivity contribution is 5.29. The fourth-order valence-electron chi connectivity index (χ4n) is 6.71. The van der Waals surface area contributed by atoms with Gasteiger partial charge in [-0.05, 0) is 116 Å². The van der Waals surface area contributed by atoms with Gasteiger partial charge in [0.15, 0.2) is 0 Å². The fraction of sp³-hybridized carbons (Fsp3) is 0.560. The molecule has 0 aliphatic rings. The zero-order valence-electron chi connectivity index (χ0n) is 34.8. The van der Waals surface area contributed by atoms with Crippen LogP contribution in [0.5, 0.6) is 11.5 Å². The molecule has 0 bridgehead atoms. The van der Waals surface area contributed by atoms with Crippen LogP contribution in [0.4, 0.5) is 0 Å². The van der Waals surface area contributed by atoms with Crippen LogP contribution < -0.4 is 9.47 Å². The lowest BCUT2D eigenvalue weighted by Crippen LogP contribution is -1.98. The second-order valence-electron chi connectivity index (χ2n) is 15.1. The number of benzene rings is 2. The molecule has 54 heavy (non-hydrogen) atoms. The zero-order chi connectivity index (χ0) is 38.3. The number of hydrogen-bond acceptors (Lipinski definition) is 4. The van der Waals surface area contributed by atoms with Crippen LogP contribution in [0.25, 0.3) is 0 Å². The Morgan fingerprint density at radius 2 is 0.759 bits per heavy atom. The molecule has 2 heterocycles. The molecular formula is C50H74N2O2. The number of methoxy groups -OCH3 is 1. The average Bonchev–Trinajstić information content (AvgIpc) is 3.22. The van der Waals surface area contributed by atoms with Gasteiger partial charge in [-0.25, -0.2) is 0 Å². The van der Waals surface area contributed by atoms with E-state index in [1.807, 2.05) is 12.1 Å². The molecule has 0 N–H and O–H groups in total. The van der Waals surface area contributed by atoms with Crippen LogP contribution in [-0.2, 0) is 38.5 Å². The second-order valence-corrected chi connectivity index (χ2v) is 15.1. The molecule has 4 nitrogen and oxygen atoms in total.